The van der Waals surface area contributed by atoms with E-state index in [0.717, 1.165) is 17.7 Å². The Kier molecular flexibility index (Phi) is 3.14. The first kappa shape index (κ1) is 10.7. The molecule has 1 atom stereocenters. The van der Waals surface area contributed by atoms with Crippen molar-refractivity contribution in [2.24, 2.45) is 0 Å². The summed E-state index contributed by atoms with van der Waals surface area (Å²) in [6, 6.07) is 5.94. The summed E-state index contributed by atoms with van der Waals surface area (Å²) in [6.07, 6.45) is 0.754. The molecule has 80 valence electrons. The van der Waals surface area contributed by atoms with E-state index in [0.29, 0.717) is 6.61 Å². The summed E-state index contributed by atoms with van der Waals surface area (Å²) in [6.45, 7) is 2.56. The van der Waals surface area contributed by atoms with E-state index in [1.807, 2.05) is 19.1 Å². The van der Waals surface area contributed by atoms with Gasteiger partial charge in [0.2, 0.25) is 0 Å². The van der Waals surface area contributed by atoms with Gasteiger partial charge in [-0.1, -0.05) is 0 Å². The Hall–Kier alpha value is -0.780. The number of carbonyl (C=O) groups excluding carboxylic acids is 1. The molecule has 0 aromatic heterocycles. The number of hydrogen-bond acceptors (Lipinski definition) is 3. The third kappa shape index (κ3) is 2.42. The molecule has 1 aliphatic rings. The van der Waals surface area contributed by atoms with Crippen LogP contribution in [0, 0.1) is 10.5 Å². The lowest BCUT2D eigenvalue weighted by atomic mass is 10.1. The van der Waals surface area contributed by atoms with Gasteiger partial charge in [-0.2, -0.15) is 0 Å². The zero-order valence-corrected chi connectivity index (χ0v) is 10.6. The lowest BCUT2D eigenvalue weighted by Gasteiger charge is -2.12. The maximum absolute atomic E-state index is 11.3. The zero-order valence-electron chi connectivity index (χ0n) is 8.42. The van der Waals surface area contributed by atoms with Crippen LogP contribution in [0.1, 0.15) is 12.0 Å². The van der Waals surface area contributed by atoms with Crippen LogP contribution in [0.15, 0.2) is 18.2 Å². The Morgan fingerprint density at radius 3 is 2.93 bits per heavy atom. The summed E-state index contributed by atoms with van der Waals surface area (Å²) >= 11 is 2.27. The molecule has 1 fully saturated rings. The van der Waals surface area contributed by atoms with Crippen LogP contribution in [0.25, 0.3) is 0 Å². The van der Waals surface area contributed by atoms with Crippen LogP contribution in [-0.4, -0.2) is 18.6 Å². The molecule has 0 radical (unpaired) electrons. The van der Waals surface area contributed by atoms with Crippen molar-refractivity contribution >= 4 is 34.2 Å². The van der Waals surface area contributed by atoms with Crippen LogP contribution in [-0.2, 0) is 9.53 Å². The first-order valence-electron chi connectivity index (χ1n) is 4.86. The molecule has 0 amide bonds. The highest BCUT2D eigenvalue weighted by Crippen LogP contribution is 2.20. The number of carbonyl (C=O) groups is 1. The molecule has 1 aliphatic heterocycles. The van der Waals surface area contributed by atoms with Gasteiger partial charge in [-0.25, -0.2) is 4.79 Å². The average Bonchev–Trinajstić information content (AvgIpc) is 2.57. The number of hydrogen-bond donors (Lipinski definition) is 1. The lowest BCUT2D eigenvalue weighted by Crippen LogP contribution is -2.24. The Morgan fingerprint density at radius 1 is 1.53 bits per heavy atom. The van der Waals surface area contributed by atoms with Crippen LogP contribution < -0.4 is 5.32 Å². The Bertz CT molecular complexity index is 392. The Morgan fingerprint density at radius 2 is 2.33 bits per heavy atom. The number of aryl methyl sites for hydroxylation is 1. The fourth-order valence-electron chi connectivity index (χ4n) is 1.60. The quantitative estimate of drug-likeness (QED) is 0.672. The van der Waals surface area contributed by atoms with Crippen LogP contribution in [0.5, 0.6) is 0 Å². The van der Waals surface area contributed by atoms with E-state index in [9.17, 15) is 4.79 Å². The van der Waals surface area contributed by atoms with Gasteiger partial charge in [0.05, 0.1) is 6.61 Å². The minimum atomic E-state index is -0.177. The van der Waals surface area contributed by atoms with E-state index >= 15 is 0 Å². The van der Waals surface area contributed by atoms with Crippen molar-refractivity contribution in [1.29, 1.82) is 0 Å². The molecule has 0 aliphatic carbocycles. The summed E-state index contributed by atoms with van der Waals surface area (Å²) in [7, 11) is 0. The predicted molar refractivity (Wildman–Crippen MR) is 66.9 cm³/mol. The molecule has 15 heavy (non-hydrogen) atoms. The smallest absolute Gasteiger partial charge is 0.328 e. The topological polar surface area (TPSA) is 38.3 Å². The van der Waals surface area contributed by atoms with Crippen molar-refractivity contribution < 1.29 is 9.53 Å². The standard InChI is InChI=1S/C11H12INO2/c1-7-6-8(12)2-3-9(7)13-10-4-5-15-11(10)14/h2-3,6,10,13H,4-5H2,1H3. The van der Waals surface area contributed by atoms with E-state index in [4.69, 9.17) is 4.74 Å². The highest BCUT2D eigenvalue weighted by molar-refractivity contribution is 14.1. The highest BCUT2D eigenvalue weighted by atomic mass is 127. The molecular weight excluding hydrogens is 305 g/mol. The maximum atomic E-state index is 11.3. The molecule has 4 heteroatoms. The molecule has 1 aromatic rings. The summed E-state index contributed by atoms with van der Waals surface area (Å²) in [5.41, 5.74) is 2.17. The fourth-order valence-corrected chi connectivity index (χ4v) is 2.25. The van der Waals surface area contributed by atoms with E-state index in [1.54, 1.807) is 0 Å². The summed E-state index contributed by atoms with van der Waals surface area (Å²) in [5.74, 6) is -0.145. The predicted octanol–water partition coefficient (Wildman–Crippen LogP) is 2.33. The van der Waals surface area contributed by atoms with Crippen molar-refractivity contribution in [3.63, 3.8) is 0 Å². The van der Waals surface area contributed by atoms with Gasteiger partial charge in [0.1, 0.15) is 6.04 Å². The summed E-state index contributed by atoms with van der Waals surface area (Å²) in [5, 5.41) is 3.21. The van der Waals surface area contributed by atoms with Gasteiger partial charge < -0.3 is 10.1 Å². The summed E-state index contributed by atoms with van der Waals surface area (Å²) in [4.78, 5) is 11.3. The Balaban J connectivity index is 2.13. The van der Waals surface area contributed by atoms with Gasteiger partial charge in [0.25, 0.3) is 0 Å². The van der Waals surface area contributed by atoms with E-state index in [2.05, 4.69) is 34.0 Å². The number of rotatable bonds is 2. The van der Waals surface area contributed by atoms with Gasteiger partial charge >= 0.3 is 5.97 Å². The van der Waals surface area contributed by atoms with Crippen molar-refractivity contribution in [1.82, 2.24) is 0 Å². The van der Waals surface area contributed by atoms with E-state index < -0.39 is 0 Å². The van der Waals surface area contributed by atoms with Crippen LogP contribution in [0.3, 0.4) is 0 Å². The van der Waals surface area contributed by atoms with Crippen molar-refractivity contribution in [3.8, 4) is 0 Å². The van der Waals surface area contributed by atoms with Crippen LogP contribution >= 0.6 is 22.6 Å². The first-order chi connectivity index (χ1) is 7.16. The molecule has 0 bridgehead atoms. The molecule has 0 saturated carbocycles. The molecule has 1 heterocycles. The van der Waals surface area contributed by atoms with Gasteiger partial charge in [-0.15, -0.1) is 0 Å². The normalized spacial score (nSPS) is 20.1. The van der Waals surface area contributed by atoms with Gasteiger partial charge in [-0.3, -0.25) is 0 Å². The van der Waals surface area contributed by atoms with Crippen molar-refractivity contribution in [2.45, 2.75) is 19.4 Å². The molecule has 1 N–H and O–H groups in total. The second kappa shape index (κ2) is 4.38. The molecule has 3 nitrogen and oxygen atoms in total. The maximum Gasteiger partial charge on any atom is 0.328 e. The third-order valence-corrected chi connectivity index (χ3v) is 3.12. The summed E-state index contributed by atoms with van der Waals surface area (Å²) < 4.78 is 6.10. The second-order valence-corrected chi connectivity index (χ2v) is 4.86. The highest BCUT2D eigenvalue weighted by Gasteiger charge is 2.26. The molecule has 1 unspecified atom stereocenters. The zero-order chi connectivity index (χ0) is 10.8. The SMILES string of the molecule is Cc1cc(I)ccc1NC1CCOC1=O. The minimum Gasteiger partial charge on any atom is -0.464 e. The molecule has 2 rings (SSSR count). The molecule has 0 spiro atoms. The van der Waals surface area contributed by atoms with Crippen LogP contribution in [0.2, 0.25) is 0 Å². The van der Waals surface area contributed by atoms with Crippen LogP contribution in [0.4, 0.5) is 5.69 Å². The van der Waals surface area contributed by atoms with Gasteiger partial charge in [0, 0.05) is 15.7 Å². The second-order valence-electron chi connectivity index (χ2n) is 3.61. The molecule has 1 aromatic carbocycles. The number of halogens is 1. The molecular formula is C11H12INO2. The number of anilines is 1. The fraction of sp³-hybridized carbons (Fsp3) is 0.364. The van der Waals surface area contributed by atoms with E-state index in [-0.39, 0.29) is 12.0 Å². The largest absolute Gasteiger partial charge is 0.464 e. The van der Waals surface area contributed by atoms with Gasteiger partial charge in [-0.05, 0) is 53.3 Å². The number of ether oxygens (including phenoxy) is 1. The van der Waals surface area contributed by atoms with E-state index in [1.165, 1.54) is 3.57 Å². The average molecular weight is 317 g/mol. The minimum absolute atomic E-state index is 0.145. The van der Waals surface area contributed by atoms with Gasteiger partial charge in [0.15, 0.2) is 0 Å². The number of esters is 1. The van der Waals surface area contributed by atoms with Crippen molar-refractivity contribution in [2.75, 3.05) is 11.9 Å². The number of cyclic esters (lactones) is 1. The lowest BCUT2D eigenvalue weighted by molar-refractivity contribution is -0.138. The van der Waals surface area contributed by atoms with Crippen molar-refractivity contribution in [3.05, 3.63) is 27.3 Å². The third-order valence-electron chi connectivity index (χ3n) is 2.45. The number of benzene rings is 1. The Labute approximate surface area is 102 Å². The molecule has 1 saturated heterocycles. The number of nitrogens with one attached hydrogen (secondary N) is 1. The first-order valence-corrected chi connectivity index (χ1v) is 5.94. The monoisotopic (exact) mass is 317 g/mol.